The van der Waals surface area contributed by atoms with Crippen LogP contribution < -0.4 is 10.1 Å². The van der Waals surface area contributed by atoms with Crippen molar-refractivity contribution in [1.82, 2.24) is 5.32 Å². The van der Waals surface area contributed by atoms with Gasteiger partial charge in [0.15, 0.2) is 0 Å². The Balaban J connectivity index is 2.09. The minimum atomic E-state index is -0.579. The minimum Gasteiger partial charge on any atom is -0.491 e. The highest BCUT2D eigenvalue weighted by atomic mass is 16.5. The second kappa shape index (κ2) is 6.89. The molecule has 4 heteroatoms. The van der Waals surface area contributed by atoms with Gasteiger partial charge in [-0.1, -0.05) is 12.1 Å². The molecule has 1 aliphatic rings. The highest BCUT2D eigenvalue weighted by Gasteiger charge is 2.21. The van der Waals surface area contributed by atoms with Crippen LogP contribution in [0.25, 0.3) is 0 Å². The van der Waals surface area contributed by atoms with E-state index in [-0.39, 0.29) is 6.61 Å². The smallest absolute Gasteiger partial charge is 0.122 e. The Kier molecular flexibility index (Phi) is 5.19. The van der Waals surface area contributed by atoms with E-state index in [1.165, 1.54) is 24.0 Å². The van der Waals surface area contributed by atoms with E-state index in [4.69, 9.17) is 9.47 Å². The molecule has 4 nitrogen and oxygen atoms in total. The molecule has 0 fully saturated rings. The van der Waals surface area contributed by atoms with E-state index < -0.39 is 6.10 Å². The highest BCUT2D eigenvalue weighted by Crippen LogP contribution is 2.35. The molecule has 2 rings (SSSR count). The Labute approximate surface area is 114 Å². The van der Waals surface area contributed by atoms with Gasteiger partial charge < -0.3 is 19.9 Å². The summed E-state index contributed by atoms with van der Waals surface area (Å²) in [5, 5.41) is 13.0. The Morgan fingerprint density at radius 3 is 3.00 bits per heavy atom. The lowest BCUT2D eigenvalue weighted by Crippen LogP contribution is -2.25. The molecule has 0 spiro atoms. The molecule has 0 radical (unpaired) electrons. The molecule has 1 aromatic rings. The van der Waals surface area contributed by atoms with Gasteiger partial charge in [-0.3, -0.25) is 0 Å². The average Bonchev–Trinajstić information content (AvgIpc) is 2.44. The molecule has 0 bridgehead atoms. The predicted octanol–water partition coefficient (Wildman–Crippen LogP) is 1.67. The van der Waals surface area contributed by atoms with Gasteiger partial charge in [-0.15, -0.1) is 0 Å². The molecule has 2 unspecified atom stereocenters. The van der Waals surface area contributed by atoms with Gasteiger partial charge in [0, 0.05) is 13.2 Å². The van der Waals surface area contributed by atoms with Crippen molar-refractivity contribution in [2.75, 3.05) is 27.4 Å². The summed E-state index contributed by atoms with van der Waals surface area (Å²) in [5.41, 5.74) is 2.60. The number of aliphatic hydroxyl groups excluding tert-OH is 1. The standard InChI is InChI=1S/C15H23NO3/c1-16-14-7-3-6-13-12(14)5-4-8-15(13)19-10-11(17)9-18-2/h4-5,8,11,14,16-17H,3,6-7,9-10H2,1-2H3. The number of aliphatic hydroxyl groups is 1. The number of nitrogens with one attached hydrogen (secondary N) is 1. The zero-order valence-corrected chi connectivity index (χ0v) is 11.7. The van der Waals surface area contributed by atoms with E-state index in [0.29, 0.717) is 12.6 Å². The summed E-state index contributed by atoms with van der Waals surface area (Å²) < 4.78 is 10.7. The summed E-state index contributed by atoms with van der Waals surface area (Å²) in [6, 6.07) is 6.58. The van der Waals surface area contributed by atoms with Gasteiger partial charge in [0.05, 0.1) is 6.61 Å². The monoisotopic (exact) mass is 265 g/mol. The molecule has 2 atom stereocenters. The molecule has 2 N–H and O–H groups in total. The van der Waals surface area contributed by atoms with Crippen molar-refractivity contribution in [2.24, 2.45) is 0 Å². The van der Waals surface area contributed by atoms with Crippen LogP contribution in [-0.2, 0) is 11.2 Å². The maximum absolute atomic E-state index is 9.65. The molecule has 0 amide bonds. The lowest BCUT2D eigenvalue weighted by molar-refractivity contribution is 0.0322. The zero-order valence-electron chi connectivity index (χ0n) is 11.7. The van der Waals surface area contributed by atoms with Crippen molar-refractivity contribution < 1.29 is 14.6 Å². The second-order valence-electron chi connectivity index (χ2n) is 4.98. The normalized spacial score (nSPS) is 19.8. The van der Waals surface area contributed by atoms with E-state index in [0.717, 1.165) is 12.2 Å². The maximum atomic E-state index is 9.65. The van der Waals surface area contributed by atoms with Crippen LogP contribution in [0.2, 0.25) is 0 Å². The summed E-state index contributed by atoms with van der Waals surface area (Å²) in [6.07, 6.45) is 2.80. The number of benzene rings is 1. The van der Waals surface area contributed by atoms with Crippen LogP contribution in [0.3, 0.4) is 0 Å². The van der Waals surface area contributed by atoms with Gasteiger partial charge >= 0.3 is 0 Å². The molecule has 0 aromatic heterocycles. The number of fused-ring (bicyclic) bond motifs is 1. The second-order valence-corrected chi connectivity index (χ2v) is 4.98. The largest absolute Gasteiger partial charge is 0.491 e. The number of methoxy groups -OCH3 is 1. The van der Waals surface area contributed by atoms with Crippen molar-refractivity contribution in [3.63, 3.8) is 0 Å². The molecule has 1 aromatic carbocycles. The number of hydrogen-bond donors (Lipinski definition) is 2. The summed E-state index contributed by atoms with van der Waals surface area (Å²) in [7, 11) is 3.57. The minimum absolute atomic E-state index is 0.272. The molecule has 0 aliphatic heterocycles. The third kappa shape index (κ3) is 3.47. The quantitative estimate of drug-likeness (QED) is 0.821. The Morgan fingerprint density at radius 1 is 1.42 bits per heavy atom. The van der Waals surface area contributed by atoms with Crippen molar-refractivity contribution in [2.45, 2.75) is 31.4 Å². The Hall–Kier alpha value is -1.10. The fraction of sp³-hybridized carbons (Fsp3) is 0.600. The molecule has 0 heterocycles. The van der Waals surface area contributed by atoms with E-state index in [1.807, 2.05) is 19.2 Å². The van der Waals surface area contributed by atoms with Crippen molar-refractivity contribution in [3.05, 3.63) is 29.3 Å². The number of ether oxygens (including phenoxy) is 2. The van der Waals surface area contributed by atoms with E-state index in [1.54, 1.807) is 7.11 Å². The molecular formula is C15H23NO3. The molecule has 106 valence electrons. The van der Waals surface area contributed by atoms with E-state index in [2.05, 4.69) is 11.4 Å². The van der Waals surface area contributed by atoms with Gasteiger partial charge in [-0.25, -0.2) is 0 Å². The fourth-order valence-corrected chi connectivity index (χ4v) is 2.68. The lowest BCUT2D eigenvalue weighted by atomic mass is 9.87. The molecule has 0 saturated carbocycles. The summed E-state index contributed by atoms with van der Waals surface area (Å²) >= 11 is 0. The molecular weight excluding hydrogens is 242 g/mol. The average molecular weight is 265 g/mol. The van der Waals surface area contributed by atoms with Gasteiger partial charge in [-0.05, 0) is 43.5 Å². The third-order valence-corrected chi connectivity index (χ3v) is 3.60. The molecule has 1 aliphatic carbocycles. The first kappa shape index (κ1) is 14.3. The first-order chi connectivity index (χ1) is 9.26. The van der Waals surface area contributed by atoms with Crippen LogP contribution >= 0.6 is 0 Å². The molecule has 19 heavy (non-hydrogen) atoms. The van der Waals surface area contributed by atoms with Crippen LogP contribution in [-0.4, -0.2) is 38.6 Å². The van der Waals surface area contributed by atoms with Crippen molar-refractivity contribution in [1.29, 1.82) is 0 Å². The van der Waals surface area contributed by atoms with Gasteiger partial charge in [-0.2, -0.15) is 0 Å². The highest BCUT2D eigenvalue weighted by molar-refractivity contribution is 5.43. The van der Waals surface area contributed by atoms with Crippen molar-refractivity contribution in [3.8, 4) is 5.75 Å². The van der Waals surface area contributed by atoms with Crippen LogP contribution in [0.5, 0.6) is 5.75 Å². The SMILES string of the molecule is CNC1CCCc2c(OCC(O)COC)cccc21. The van der Waals surface area contributed by atoms with Crippen LogP contribution in [0.15, 0.2) is 18.2 Å². The van der Waals surface area contributed by atoms with Crippen LogP contribution in [0.4, 0.5) is 0 Å². The first-order valence-electron chi connectivity index (χ1n) is 6.85. The van der Waals surface area contributed by atoms with Gasteiger partial charge in [0.25, 0.3) is 0 Å². The molecule has 0 saturated heterocycles. The van der Waals surface area contributed by atoms with E-state index >= 15 is 0 Å². The van der Waals surface area contributed by atoms with Crippen LogP contribution in [0.1, 0.15) is 30.0 Å². The Morgan fingerprint density at radius 2 is 2.26 bits per heavy atom. The lowest BCUT2D eigenvalue weighted by Gasteiger charge is -2.27. The zero-order chi connectivity index (χ0) is 13.7. The number of rotatable bonds is 6. The van der Waals surface area contributed by atoms with Crippen LogP contribution in [0, 0.1) is 0 Å². The number of hydrogen-bond acceptors (Lipinski definition) is 4. The summed E-state index contributed by atoms with van der Waals surface area (Å²) in [4.78, 5) is 0. The maximum Gasteiger partial charge on any atom is 0.122 e. The summed E-state index contributed by atoms with van der Waals surface area (Å²) in [5.74, 6) is 0.896. The van der Waals surface area contributed by atoms with E-state index in [9.17, 15) is 5.11 Å². The van der Waals surface area contributed by atoms with Crippen molar-refractivity contribution >= 4 is 0 Å². The predicted molar refractivity (Wildman–Crippen MR) is 74.6 cm³/mol. The van der Waals surface area contributed by atoms with Gasteiger partial charge in [0.2, 0.25) is 0 Å². The Bertz CT molecular complexity index is 408. The third-order valence-electron chi connectivity index (χ3n) is 3.60. The first-order valence-corrected chi connectivity index (χ1v) is 6.85. The summed E-state index contributed by atoms with van der Waals surface area (Å²) in [6.45, 7) is 0.572. The topological polar surface area (TPSA) is 50.7 Å². The fourth-order valence-electron chi connectivity index (χ4n) is 2.68. The van der Waals surface area contributed by atoms with Gasteiger partial charge in [0.1, 0.15) is 18.5 Å².